The largest absolute Gasteiger partial charge is 0.474 e. The third-order valence-electron chi connectivity index (χ3n) is 3.66. The second-order valence-corrected chi connectivity index (χ2v) is 5.94. The Bertz CT molecular complexity index is 861. The normalized spacial score (nSPS) is 11.7. The SMILES string of the molecule is COC(=O)c1ccc(O[C@@H](C)C(=O)Nc2ccnn2C(C)C)c([N+](=O)[O-])c1. The number of nitro benzene ring substituents is 1. The van der Waals surface area contributed by atoms with Gasteiger partial charge in [0.1, 0.15) is 5.82 Å². The summed E-state index contributed by atoms with van der Waals surface area (Å²) < 4.78 is 11.6. The molecule has 0 bridgehead atoms. The van der Waals surface area contributed by atoms with Gasteiger partial charge in [-0.1, -0.05) is 0 Å². The van der Waals surface area contributed by atoms with Crippen LogP contribution >= 0.6 is 0 Å². The van der Waals surface area contributed by atoms with Gasteiger partial charge in [0, 0.05) is 18.2 Å². The molecule has 1 aromatic heterocycles. The molecule has 1 N–H and O–H groups in total. The quantitative estimate of drug-likeness (QED) is 0.447. The molecule has 1 heterocycles. The molecule has 0 unspecified atom stereocenters. The van der Waals surface area contributed by atoms with Crippen LogP contribution in [-0.4, -0.2) is 39.8 Å². The molecule has 27 heavy (non-hydrogen) atoms. The lowest BCUT2D eigenvalue weighted by Gasteiger charge is -2.16. The van der Waals surface area contributed by atoms with Crippen LogP contribution in [0.3, 0.4) is 0 Å². The first-order chi connectivity index (χ1) is 12.7. The van der Waals surface area contributed by atoms with Gasteiger partial charge in [0.15, 0.2) is 11.9 Å². The van der Waals surface area contributed by atoms with Crippen LogP contribution in [0.2, 0.25) is 0 Å². The molecular weight excluding hydrogens is 356 g/mol. The molecule has 0 aliphatic rings. The Morgan fingerprint density at radius 1 is 1.26 bits per heavy atom. The number of ether oxygens (including phenoxy) is 2. The Morgan fingerprint density at radius 2 is 1.96 bits per heavy atom. The van der Waals surface area contributed by atoms with E-state index in [1.165, 1.54) is 26.2 Å². The molecule has 0 saturated heterocycles. The van der Waals surface area contributed by atoms with Gasteiger partial charge in [0.25, 0.3) is 5.91 Å². The first-order valence-corrected chi connectivity index (χ1v) is 8.12. The number of aromatic nitrogens is 2. The van der Waals surface area contributed by atoms with Crippen molar-refractivity contribution in [2.24, 2.45) is 0 Å². The highest BCUT2D eigenvalue weighted by atomic mass is 16.6. The number of benzene rings is 1. The Labute approximate surface area is 155 Å². The number of anilines is 1. The van der Waals surface area contributed by atoms with Gasteiger partial charge in [0.05, 0.1) is 23.8 Å². The summed E-state index contributed by atoms with van der Waals surface area (Å²) in [6, 6.07) is 5.30. The van der Waals surface area contributed by atoms with Crippen LogP contribution in [0.5, 0.6) is 5.75 Å². The van der Waals surface area contributed by atoms with Crippen molar-refractivity contribution in [3.63, 3.8) is 0 Å². The lowest BCUT2D eigenvalue weighted by Crippen LogP contribution is -2.31. The molecule has 10 heteroatoms. The maximum atomic E-state index is 12.4. The van der Waals surface area contributed by atoms with E-state index in [1.54, 1.807) is 16.9 Å². The Morgan fingerprint density at radius 3 is 2.56 bits per heavy atom. The number of nitro groups is 1. The summed E-state index contributed by atoms with van der Waals surface area (Å²) in [5.74, 6) is -0.852. The van der Waals surface area contributed by atoms with E-state index in [1.807, 2.05) is 13.8 Å². The van der Waals surface area contributed by atoms with Crippen molar-refractivity contribution in [2.75, 3.05) is 12.4 Å². The number of carbonyl (C=O) groups excluding carboxylic acids is 2. The summed E-state index contributed by atoms with van der Waals surface area (Å²) in [5.41, 5.74) is -0.431. The van der Waals surface area contributed by atoms with Crippen LogP contribution in [0.4, 0.5) is 11.5 Å². The second kappa shape index (κ2) is 8.30. The lowest BCUT2D eigenvalue weighted by molar-refractivity contribution is -0.386. The van der Waals surface area contributed by atoms with Gasteiger partial charge in [-0.15, -0.1) is 0 Å². The molecule has 0 spiro atoms. The molecule has 1 amide bonds. The summed E-state index contributed by atoms with van der Waals surface area (Å²) in [7, 11) is 1.17. The number of esters is 1. The standard InChI is InChI=1S/C17H20N4O6/c1-10(2)20-15(7-8-18-20)19-16(22)11(3)27-14-6-5-12(17(23)26-4)9-13(14)21(24)25/h5-11H,1-4H3,(H,19,22)/t11-/m0/s1. The van der Waals surface area contributed by atoms with Crippen LogP contribution in [0.15, 0.2) is 30.5 Å². The molecule has 0 aliphatic heterocycles. The number of amides is 1. The fourth-order valence-corrected chi connectivity index (χ4v) is 2.30. The molecule has 0 radical (unpaired) electrons. The number of nitrogens with one attached hydrogen (secondary N) is 1. The predicted molar refractivity (Wildman–Crippen MR) is 95.8 cm³/mol. The van der Waals surface area contributed by atoms with Gasteiger partial charge in [-0.05, 0) is 32.9 Å². The number of rotatable bonds is 7. The molecule has 0 fully saturated rings. The number of hydrogen-bond acceptors (Lipinski definition) is 7. The molecule has 144 valence electrons. The molecule has 2 aromatic rings. The van der Waals surface area contributed by atoms with Gasteiger partial charge in [-0.2, -0.15) is 5.10 Å². The van der Waals surface area contributed by atoms with Crippen molar-refractivity contribution in [1.82, 2.24) is 9.78 Å². The van der Waals surface area contributed by atoms with Crippen LogP contribution in [-0.2, 0) is 9.53 Å². The molecule has 1 atom stereocenters. The van der Waals surface area contributed by atoms with Gasteiger partial charge < -0.3 is 14.8 Å². The van der Waals surface area contributed by atoms with Crippen LogP contribution < -0.4 is 10.1 Å². The van der Waals surface area contributed by atoms with Crippen molar-refractivity contribution < 1.29 is 24.0 Å². The van der Waals surface area contributed by atoms with E-state index < -0.39 is 28.6 Å². The average Bonchev–Trinajstić information content (AvgIpc) is 3.09. The number of hydrogen-bond donors (Lipinski definition) is 1. The Hall–Kier alpha value is -3.43. The van der Waals surface area contributed by atoms with Crippen LogP contribution in [0.25, 0.3) is 0 Å². The fourth-order valence-electron chi connectivity index (χ4n) is 2.30. The van der Waals surface area contributed by atoms with E-state index in [0.717, 1.165) is 6.07 Å². The molecule has 10 nitrogen and oxygen atoms in total. The zero-order valence-corrected chi connectivity index (χ0v) is 15.3. The summed E-state index contributed by atoms with van der Waals surface area (Å²) in [5, 5.41) is 18.1. The average molecular weight is 376 g/mol. The third kappa shape index (κ3) is 4.60. The minimum atomic E-state index is -1.02. The summed E-state index contributed by atoms with van der Waals surface area (Å²) in [6.45, 7) is 5.28. The summed E-state index contributed by atoms with van der Waals surface area (Å²) >= 11 is 0. The smallest absolute Gasteiger partial charge is 0.338 e. The highest BCUT2D eigenvalue weighted by Crippen LogP contribution is 2.29. The molecule has 0 saturated carbocycles. The van der Waals surface area contributed by atoms with Crippen LogP contribution in [0, 0.1) is 10.1 Å². The molecular formula is C17H20N4O6. The zero-order valence-electron chi connectivity index (χ0n) is 15.3. The van der Waals surface area contributed by atoms with Crippen molar-refractivity contribution in [3.8, 4) is 5.75 Å². The van der Waals surface area contributed by atoms with E-state index in [4.69, 9.17) is 4.74 Å². The van der Waals surface area contributed by atoms with Gasteiger partial charge in [-0.3, -0.25) is 14.9 Å². The first kappa shape index (κ1) is 19.9. The van der Waals surface area contributed by atoms with Gasteiger partial charge in [0.2, 0.25) is 0 Å². The van der Waals surface area contributed by atoms with E-state index in [0.29, 0.717) is 5.82 Å². The summed E-state index contributed by atoms with van der Waals surface area (Å²) in [6.07, 6.45) is 0.528. The minimum Gasteiger partial charge on any atom is -0.474 e. The number of carbonyl (C=O) groups is 2. The maximum Gasteiger partial charge on any atom is 0.338 e. The highest BCUT2D eigenvalue weighted by molar-refractivity contribution is 5.93. The third-order valence-corrected chi connectivity index (χ3v) is 3.66. The highest BCUT2D eigenvalue weighted by Gasteiger charge is 2.24. The molecule has 1 aromatic carbocycles. The first-order valence-electron chi connectivity index (χ1n) is 8.12. The Balaban J connectivity index is 2.17. The van der Waals surface area contributed by atoms with Crippen molar-refractivity contribution in [3.05, 3.63) is 46.1 Å². The lowest BCUT2D eigenvalue weighted by atomic mass is 10.2. The van der Waals surface area contributed by atoms with Crippen molar-refractivity contribution in [2.45, 2.75) is 32.9 Å². The van der Waals surface area contributed by atoms with Gasteiger partial charge in [-0.25, -0.2) is 9.48 Å². The van der Waals surface area contributed by atoms with Crippen LogP contribution in [0.1, 0.15) is 37.2 Å². The van der Waals surface area contributed by atoms with Gasteiger partial charge >= 0.3 is 11.7 Å². The number of nitrogens with zero attached hydrogens (tertiary/aromatic N) is 3. The zero-order chi connectivity index (χ0) is 20.1. The van der Waals surface area contributed by atoms with E-state index >= 15 is 0 Å². The minimum absolute atomic E-state index is 0.00879. The van der Waals surface area contributed by atoms with E-state index in [9.17, 15) is 19.7 Å². The number of methoxy groups -OCH3 is 1. The topological polar surface area (TPSA) is 126 Å². The van der Waals surface area contributed by atoms with Crippen molar-refractivity contribution >= 4 is 23.4 Å². The van der Waals surface area contributed by atoms with E-state index in [-0.39, 0.29) is 17.4 Å². The fraction of sp³-hybridized carbons (Fsp3) is 0.353. The molecule has 2 rings (SSSR count). The van der Waals surface area contributed by atoms with Crippen molar-refractivity contribution in [1.29, 1.82) is 0 Å². The van der Waals surface area contributed by atoms with E-state index in [2.05, 4.69) is 15.2 Å². The Kier molecular flexibility index (Phi) is 6.11. The maximum absolute atomic E-state index is 12.4. The second-order valence-electron chi connectivity index (χ2n) is 5.94. The predicted octanol–water partition coefficient (Wildman–Crippen LogP) is 2.56. The monoisotopic (exact) mass is 376 g/mol. The summed E-state index contributed by atoms with van der Waals surface area (Å²) in [4.78, 5) is 34.5. The molecule has 0 aliphatic carbocycles.